The van der Waals surface area contributed by atoms with E-state index in [9.17, 15) is 10.2 Å². The average molecular weight is 159 g/mol. The van der Waals surface area contributed by atoms with Gasteiger partial charge in [0.05, 0.1) is 12.2 Å². The molecule has 0 aromatic rings. The highest BCUT2D eigenvalue weighted by Gasteiger charge is 2.43. The Morgan fingerprint density at radius 3 is 2.73 bits per heavy atom. The number of hydrogen-bond donors (Lipinski definition) is 3. The molecule has 0 aromatic heterocycles. The lowest BCUT2D eigenvalue weighted by Gasteiger charge is -2.16. The molecule has 0 saturated carbocycles. The van der Waals surface area contributed by atoms with Gasteiger partial charge < -0.3 is 20.3 Å². The summed E-state index contributed by atoms with van der Waals surface area (Å²) in [5.41, 5.74) is 0. The van der Waals surface area contributed by atoms with Crippen LogP contribution in [0.2, 0.25) is 0 Å². The average Bonchev–Trinajstić information content (AvgIpc) is 2.31. The van der Waals surface area contributed by atoms with Gasteiger partial charge in [-0.1, -0.05) is 0 Å². The lowest BCUT2D eigenvalue weighted by Crippen LogP contribution is -2.40. The monoisotopic (exact) mass is 159 g/mol. The van der Waals surface area contributed by atoms with Crippen molar-refractivity contribution in [2.75, 3.05) is 13.1 Å². The van der Waals surface area contributed by atoms with E-state index in [0.717, 1.165) is 13.0 Å². The van der Waals surface area contributed by atoms with Gasteiger partial charge in [0.2, 0.25) is 0 Å². The van der Waals surface area contributed by atoms with Gasteiger partial charge in [-0.2, -0.15) is 0 Å². The maximum atomic E-state index is 9.39. The van der Waals surface area contributed by atoms with E-state index in [2.05, 4.69) is 5.32 Å². The van der Waals surface area contributed by atoms with E-state index < -0.39 is 12.2 Å². The lowest BCUT2D eigenvalue weighted by molar-refractivity contribution is 0.0183. The first-order chi connectivity index (χ1) is 5.29. The van der Waals surface area contributed by atoms with Crippen molar-refractivity contribution in [3.8, 4) is 0 Å². The van der Waals surface area contributed by atoms with Crippen LogP contribution in [0.25, 0.3) is 0 Å². The van der Waals surface area contributed by atoms with Crippen LogP contribution in [-0.4, -0.2) is 47.7 Å². The molecule has 11 heavy (non-hydrogen) atoms. The summed E-state index contributed by atoms with van der Waals surface area (Å²) < 4.78 is 5.38. The Kier molecular flexibility index (Phi) is 1.85. The van der Waals surface area contributed by atoms with Gasteiger partial charge in [-0.15, -0.1) is 0 Å². The van der Waals surface area contributed by atoms with Crippen molar-refractivity contribution in [2.24, 2.45) is 0 Å². The fourth-order valence-electron chi connectivity index (χ4n) is 1.72. The predicted molar refractivity (Wildman–Crippen MR) is 38.2 cm³/mol. The first-order valence-corrected chi connectivity index (χ1v) is 4.01. The first-order valence-electron chi connectivity index (χ1n) is 4.01. The Morgan fingerprint density at radius 2 is 1.91 bits per heavy atom. The van der Waals surface area contributed by atoms with Crippen LogP contribution >= 0.6 is 0 Å². The van der Waals surface area contributed by atoms with Crippen LogP contribution in [0, 0.1) is 0 Å². The van der Waals surface area contributed by atoms with Crippen LogP contribution in [0.1, 0.15) is 6.42 Å². The summed E-state index contributed by atoms with van der Waals surface area (Å²) in [7, 11) is 0. The molecule has 0 aromatic carbocycles. The lowest BCUT2D eigenvalue weighted by atomic mass is 10.0. The minimum atomic E-state index is -0.701. The molecule has 0 amide bonds. The van der Waals surface area contributed by atoms with Crippen LogP contribution in [0.4, 0.5) is 0 Å². The molecule has 2 saturated heterocycles. The topological polar surface area (TPSA) is 61.7 Å². The van der Waals surface area contributed by atoms with Gasteiger partial charge in [-0.3, -0.25) is 0 Å². The summed E-state index contributed by atoms with van der Waals surface area (Å²) in [4.78, 5) is 0. The summed E-state index contributed by atoms with van der Waals surface area (Å²) >= 11 is 0. The first kappa shape index (κ1) is 7.49. The number of aliphatic hydroxyl groups is 2. The van der Waals surface area contributed by atoms with Crippen molar-refractivity contribution in [1.29, 1.82) is 0 Å². The van der Waals surface area contributed by atoms with Gasteiger partial charge in [0, 0.05) is 6.54 Å². The van der Waals surface area contributed by atoms with Crippen LogP contribution < -0.4 is 5.32 Å². The molecule has 2 bridgehead atoms. The maximum absolute atomic E-state index is 9.39. The van der Waals surface area contributed by atoms with Crippen LogP contribution in [0.3, 0.4) is 0 Å². The van der Waals surface area contributed by atoms with Crippen LogP contribution in [0.15, 0.2) is 0 Å². The highest BCUT2D eigenvalue weighted by Crippen LogP contribution is 2.24. The summed E-state index contributed by atoms with van der Waals surface area (Å²) in [5.74, 6) is 0. The molecule has 0 radical (unpaired) electrons. The molecule has 2 heterocycles. The molecule has 0 spiro atoms. The van der Waals surface area contributed by atoms with Crippen LogP contribution in [-0.2, 0) is 4.74 Å². The van der Waals surface area contributed by atoms with Crippen molar-refractivity contribution in [3.63, 3.8) is 0 Å². The number of fused-ring (bicyclic) bond motifs is 2. The van der Waals surface area contributed by atoms with Gasteiger partial charge in [-0.05, 0) is 13.0 Å². The third-order valence-electron chi connectivity index (χ3n) is 2.41. The molecule has 2 rings (SSSR count). The Bertz CT molecular complexity index is 137. The molecule has 2 fully saturated rings. The highest BCUT2D eigenvalue weighted by molar-refractivity contribution is 4.93. The van der Waals surface area contributed by atoms with Gasteiger partial charge in [-0.25, -0.2) is 0 Å². The molecule has 4 nitrogen and oxygen atoms in total. The second-order valence-corrected chi connectivity index (χ2v) is 3.19. The zero-order valence-electron chi connectivity index (χ0n) is 6.23. The van der Waals surface area contributed by atoms with E-state index in [4.69, 9.17) is 4.74 Å². The Morgan fingerprint density at radius 1 is 1.18 bits per heavy atom. The molecule has 0 aliphatic carbocycles. The fraction of sp³-hybridized carbons (Fsp3) is 1.00. The summed E-state index contributed by atoms with van der Waals surface area (Å²) in [6.07, 6.45) is -0.966. The molecule has 2 aliphatic rings. The minimum absolute atomic E-state index is 0.162. The SMILES string of the molecule is O[C@@H]1[C@H](O)[C@H]2CNCC[C@@H]1O2. The Labute approximate surface area is 65.2 Å². The maximum Gasteiger partial charge on any atom is 0.110 e. The summed E-state index contributed by atoms with van der Waals surface area (Å²) in [5, 5.41) is 21.9. The van der Waals surface area contributed by atoms with E-state index in [1.165, 1.54) is 0 Å². The largest absolute Gasteiger partial charge is 0.388 e. The van der Waals surface area contributed by atoms with Gasteiger partial charge in [0.25, 0.3) is 0 Å². The molecule has 2 aliphatic heterocycles. The second kappa shape index (κ2) is 2.71. The van der Waals surface area contributed by atoms with Gasteiger partial charge in [0.1, 0.15) is 12.2 Å². The molecule has 4 heteroatoms. The summed E-state index contributed by atoms with van der Waals surface area (Å²) in [6.45, 7) is 1.51. The standard InChI is InChI=1S/C7H13NO3/c9-6-4-1-2-8-3-5(11-4)7(6)10/h4-10H,1-3H2/t4-,5+,6-,7+/m0/s1. The van der Waals surface area contributed by atoms with E-state index in [1.807, 2.05) is 0 Å². The molecule has 64 valence electrons. The number of hydrogen-bond acceptors (Lipinski definition) is 4. The Hall–Kier alpha value is -0.160. The number of nitrogens with one attached hydrogen (secondary N) is 1. The van der Waals surface area contributed by atoms with Crippen molar-refractivity contribution in [1.82, 2.24) is 5.32 Å². The predicted octanol–water partition coefficient (Wildman–Crippen LogP) is -1.53. The highest BCUT2D eigenvalue weighted by atomic mass is 16.5. The fourth-order valence-corrected chi connectivity index (χ4v) is 1.72. The molecular formula is C7H13NO3. The molecule has 4 atom stereocenters. The van der Waals surface area contributed by atoms with E-state index >= 15 is 0 Å². The van der Waals surface area contributed by atoms with E-state index in [0.29, 0.717) is 6.54 Å². The molecular weight excluding hydrogens is 146 g/mol. The van der Waals surface area contributed by atoms with Crippen molar-refractivity contribution in [2.45, 2.75) is 30.8 Å². The third kappa shape index (κ3) is 1.16. The quantitative estimate of drug-likeness (QED) is 0.401. The van der Waals surface area contributed by atoms with Crippen molar-refractivity contribution < 1.29 is 14.9 Å². The molecule has 0 unspecified atom stereocenters. The van der Waals surface area contributed by atoms with Crippen molar-refractivity contribution >= 4 is 0 Å². The smallest absolute Gasteiger partial charge is 0.110 e. The van der Waals surface area contributed by atoms with E-state index in [-0.39, 0.29) is 12.2 Å². The number of rotatable bonds is 0. The van der Waals surface area contributed by atoms with Crippen molar-refractivity contribution in [3.05, 3.63) is 0 Å². The van der Waals surface area contributed by atoms with Crippen LogP contribution in [0.5, 0.6) is 0 Å². The van der Waals surface area contributed by atoms with Gasteiger partial charge >= 0.3 is 0 Å². The minimum Gasteiger partial charge on any atom is -0.388 e. The zero-order chi connectivity index (χ0) is 7.84. The Balaban J connectivity index is 2.10. The number of aliphatic hydroxyl groups excluding tert-OH is 2. The zero-order valence-corrected chi connectivity index (χ0v) is 6.23. The molecule has 3 N–H and O–H groups in total. The normalized spacial score (nSPS) is 50.7. The summed E-state index contributed by atoms with van der Waals surface area (Å²) in [6, 6.07) is 0. The number of ether oxygens (including phenoxy) is 1. The second-order valence-electron chi connectivity index (χ2n) is 3.19. The van der Waals surface area contributed by atoms with Gasteiger partial charge in [0.15, 0.2) is 0 Å². The third-order valence-corrected chi connectivity index (χ3v) is 2.41. The van der Waals surface area contributed by atoms with E-state index in [1.54, 1.807) is 0 Å².